The number of ether oxygens (including phenoxy) is 3. The summed E-state index contributed by atoms with van der Waals surface area (Å²) < 4.78 is 15.9. The van der Waals surface area contributed by atoms with Gasteiger partial charge in [-0.05, 0) is 19.8 Å². The summed E-state index contributed by atoms with van der Waals surface area (Å²) >= 11 is 0. The van der Waals surface area contributed by atoms with Crippen molar-refractivity contribution in [3.05, 3.63) is 22.2 Å². The van der Waals surface area contributed by atoms with E-state index in [9.17, 15) is 10.1 Å². The third-order valence-corrected chi connectivity index (χ3v) is 3.53. The van der Waals surface area contributed by atoms with Crippen LogP contribution in [0.1, 0.15) is 19.8 Å². The number of hydrogen-bond donors (Lipinski definition) is 1. The number of rotatable bonds is 3. The molecule has 7 heteroatoms. The van der Waals surface area contributed by atoms with Crippen molar-refractivity contribution in [3.63, 3.8) is 0 Å². The van der Waals surface area contributed by atoms with E-state index in [0.29, 0.717) is 23.8 Å². The third-order valence-electron chi connectivity index (χ3n) is 3.53. The molecule has 0 aromatic heterocycles. The number of nitrogens with zero attached hydrogens (tertiary/aromatic N) is 1. The average molecular weight is 280 g/mol. The highest BCUT2D eigenvalue weighted by molar-refractivity contribution is 5.69. The molecule has 20 heavy (non-hydrogen) atoms. The number of nitrogens with one attached hydrogen (secondary N) is 1. The molecule has 2 atom stereocenters. The van der Waals surface area contributed by atoms with Gasteiger partial charge < -0.3 is 19.5 Å². The van der Waals surface area contributed by atoms with E-state index in [1.165, 1.54) is 6.07 Å². The maximum atomic E-state index is 11.2. The van der Waals surface area contributed by atoms with Gasteiger partial charge in [-0.1, -0.05) is 0 Å². The number of benzene rings is 1. The largest absolute Gasteiger partial charge is 0.454 e. The summed E-state index contributed by atoms with van der Waals surface area (Å²) in [5, 5.41) is 14.4. The van der Waals surface area contributed by atoms with Crippen molar-refractivity contribution in [2.24, 2.45) is 0 Å². The van der Waals surface area contributed by atoms with Gasteiger partial charge >= 0.3 is 0 Å². The van der Waals surface area contributed by atoms with Gasteiger partial charge in [-0.2, -0.15) is 0 Å². The summed E-state index contributed by atoms with van der Waals surface area (Å²) in [6, 6.07) is 3.21. The number of anilines is 1. The van der Waals surface area contributed by atoms with Gasteiger partial charge in [-0.3, -0.25) is 10.1 Å². The van der Waals surface area contributed by atoms with Gasteiger partial charge in [-0.15, -0.1) is 0 Å². The Morgan fingerprint density at radius 1 is 1.35 bits per heavy atom. The maximum absolute atomic E-state index is 11.2. The fraction of sp³-hybridized carbons (Fsp3) is 0.538. The molecule has 1 fully saturated rings. The highest BCUT2D eigenvalue weighted by Crippen LogP contribution is 2.41. The summed E-state index contributed by atoms with van der Waals surface area (Å²) in [6.45, 7) is 2.77. The molecular weight excluding hydrogens is 264 g/mol. The van der Waals surface area contributed by atoms with Crippen LogP contribution in [-0.2, 0) is 4.74 Å². The molecule has 0 aliphatic carbocycles. The van der Waals surface area contributed by atoms with Crippen LogP contribution in [0.4, 0.5) is 11.4 Å². The first-order chi connectivity index (χ1) is 9.63. The standard InChI is InChI=1S/C13H16N2O5/c1-8-4-9(2-3-18-8)14-10-5-12-13(20-7-19-12)6-11(10)15(16)17/h5-6,8-9,14H,2-4,7H2,1H3. The topological polar surface area (TPSA) is 82.9 Å². The Balaban J connectivity index is 1.86. The van der Waals surface area contributed by atoms with E-state index in [2.05, 4.69) is 5.32 Å². The molecule has 2 aliphatic rings. The number of fused-ring (bicyclic) bond motifs is 1. The Bertz CT molecular complexity index is 534. The van der Waals surface area contributed by atoms with E-state index in [4.69, 9.17) is 14.2 Å². The SMILES string of the molecule is CC1CC(Nc2cc3c(cc2[N+](=O)[O-])OCO3)CCO1. The molecule has 0 amide bonds. The summed E-state index contributed by atoms with van der Waals surface area (Å²) in [5.41, 5.74) is 0.478. The minimum Gasteiger partial charge on any atom is -0.454 e. The van der Waals surface area contributed by atoms with Crippen molar-refractivity contribution in [1.82, 2.24) is 0 Å². The van der Waals surface area contributed by atoms with Crippen LogP contribution in [0.5, 0.6) is 11.5 Å². The molecular formula is C13H16N2O5. The molecule has 1 aromatic rings. The zero-order valence-electron chi connectivity index (χ0n) is 11.1. The quantitative estimate of drug-likeness (QED) is 0.675. The lowest BCUT2D eigenvalue weighted by Gasteiger charge is -2.28. The fourth-order valence-electron chi connectivity index (χ4n) is 2.55. The van der Waals surface area contributed by atoms with Gasteiger partial charge in [0, 0.05) is 18.7 Å². The van der Waals surface area contributed by atoms with Crippen LogP contribution in [0.2, 0.25) is 0 Å². The normalized spacial score (nSPS) is 24.4. The zero-order chi connectivity index (χ0) is 14.1. The molecule has 0 bridgehead atoms. The minimum atomic E-state index is -0.410. The van der Waals surface area contributed by atoms with Crippen LogP contribution >= 0.6 is 0 Å². The molecule has 1 N–H and O–H groups in total. The molecule has 3 rings (SSSR count). The molecule has 2 aliphatic heterocycles. The van der Waals surface area contributed by atoms with E-state index in [0.717, 1.165) is 12.8 Å². The van der Waals surface area contributed by atoms with Crippen LogP contribution in [0.3, 0.4) is 0 Å². The van der Waals surface area contributed by atoms with E-state index in [1.807, 2.05) is 6.92 Å². The molecule has 7 nitrogen and oxygen atoms in total. The molecule has 1 aromatic carbocycles. The van der Waals surface area contributed by atoms with Crippen molar-refractivity contribution in [3.8, 4) is 11.5 Å². The lowest BCUT2D eigenvalue weighted by Crippen LogP contribution is -2.32. The van der Waals surface area contributed by atoms with Crippen molar-refractivity contribution < 1.29 is 19.1 Å². The van der Waals surface area contributed by atoms with Crippen LogP contribution in [0.15, 0.2) is 12.1 Å². The van der Waals surface area contributed by atoms with Gasteiger partial charge in [0.15, 0.2) is 11.5 Å². The Labute approximate surface area is 116 Å². The first-order valence-electron chi connectivity index (χ1n) is 6.59. The monoisotopic (exact) mass is 280 g/mol. The summed E-state index contributed by atoms with van der Waals surface area (Å²) in [4.78, 5) is 10.8. The number of nitro groups is 1. The second-order valence-corrected chi connectivity index (χ2v) is 5.03. The van der Waals surface area contributed by atoms with Crippen LogP contribution < -0.4 is 14.8 Å². The molecule has 2 unspecified atom stereocenters. The van der Waals surface area contributed by atoms with Gasteiger partial charge in [-0.25, -0.2) is 0 Å². The van der Waals surface area contributed by atoms with Crippen molar-refractivity contribution >= 4 is 11.4 Å². The molecule has 0 spiro atoms. The first-order valence-corrected chi connectivity index (χ1v) is 6.59. The predicted octanol–water partition coefficient (Wildman–Crippen LogP) is 2.30. The predicted molar refractivity (Wildman–Crippen MR) is 71.3 cm³/mol. The second kappa shape index (κ2) is 5.16. The molecule has 108 valence electrons. The molecule has 0 radical (unpaired) electrons. The van der Waals surface area contributed by atoms with Crippen LogP contribution in [0, 0.1) is 10.1 Å². The number of hydrogen-bond acceptors (Lipinski definition) is 6. The maximum Gasteiger partial charge on any atom is 0.296 e. The molecule has 2 heterocycles. The molecule has 1 saturated heterocycles. The average Bonchev–Trinajstić information content (AvgIpc) is 2.84. The summed E-state index contributed by atoms with van der Waals surface area (Å²) in [5.74, 6) is 0.959. The smallest absolute Gasteiger partial charge is 0.296 e. The van der Waals surface area contributed by atoms with E-state index >= 15 is 0 Å². The fourth-order valence-corrected chi connectivity index (χ4v) is 2.55. The summed E-state index contributed by atoms with van der Waals surface area (Å²) in [7, 11) is 0. The van der Waals surface area contributed by atoms with E-state index in [-0.39, 0.29) is 24.6 Å². The first kappa shape index (κ1) is 13.0. The van der Waals surface area contributed by atoms with E-state index < -0.39 is 4.92 Å². The van der Waals surface area contributed by atoms with Crippen LogP contribution in [-0.4, -0.2) is 30.5 Å². The highest BCUT2D eigenvalue weighted by Gasteiger charge is 2.26. The second-order valence-electron chi connectivity index (χ2n) is 5.03. The molecule has 0 saturated carbocycles. The van der Waals surface area contributed by atoms with Crippen molar-refractivity contribution in [2.45, 2.75) is 31.9 Å². The number of nitro benzene ring substituents is 1. The lowest BCUT2D eigenvalue weighted by molar-refractivity contribution is -0.384. The lowest BCUT2D eigenvalue weighted by atomic mass is 10.0. The Hall–Kier alpha value is -2.02. The Morgan fingerprint density at radius 3 is 2.80 bits per heavy atom. The van der Waals surface area contributed by atoms with Crippen LogP contribution in [0.25, 0.3) is 0 Å². The Kier molecular flexibility index (Phi) is 3.35. The minimum absolute atomic E-state index is 0.00777. The van der Waals surface area contributed by atoms with Crippen molar-refractivity contribution in [1.29, 1.82) is 0 Å². The van der Waals surface area contributed by atoms with Gasteiger partial charge in [0.1, 0.15) is 5.69 Å². The highest BCUT2D eigenvalue weighted by atomic mass is 16.7. The third kappa shape index (κ3) is 2.49. The Morgan fingerprint density at radius 2 is 2.10 bits per heavy atom. The van der Waals surface area contributed by atoms with Gasteiger partial charge in [0.05, 0.1) is 17.1 Å². The van der Waals surface area contributed by atoms with E-state index in [1.54, 1.807) is 6.07 Å². The summed E-state index contributed by atoms with van der Waals surface area (Å²) in [6.07, 6.45) is 1.82. The van der Waals surface area contributed by atoms with Crippen molar-refractivity contribution in [2.75, 3.05) is 18.7 Å². The zero-order valence-corrected chi connectivity index (χ0v) is 11.1. The van der Waals surface area contributed by atoms with Gasteiger partial charge in [0.25, 0.3) is 5.69 Å². The van der Waals surface area contributed by atoms with Gasteiger partial charge in [0.2, 0.25) is 6.79 Å².